The topological polar surface area (TPSA) is 73.7 Å². The molecule has 3 aromatic rings. The molecule has 2 aromatic heterocycles. The molecule has 0 saturated carbocycles. The van der Waals surface area contributed by atoms with Gasteiger partial charge in [0.1, 0.15) is 36.2 Å². The van der Waals surface area contributed by atoms with E-state index in [1.807, 2.05) is 63.2 Å². The van der Waals surface area contributed by atoms with E-state index in [0.29, 0.717) is 28.3 Å². The standard InChI is InChI=1S/C21H25N3O4S/c1-14-15(2)29-20-19(14)21(26)24(17(22-20)12-23(3)4)13-18(25)28-11-10-27-16-8-6-5-7-9-16/h5-9H,10-13H2,1-4H3. The zero-order valence-electron chi connectivity index (χ0n) is 17.1. The summed E-state index contributed by atoms with van der Waals surface area (Å²) in [7, 11) is 3.79. The van der Waals surface area contributed by atoms with E-state index in [1.165, 1.54) is 15.9 Å². The average molecular weight is 416 g/mol. The highest BCUT2D eigenvalue weighted by molar-refractivity contribution is 7.18. The number of benzene rings is 1. The summed E-state index contributed by atoms with van der Waals surface area (Å²) in [5.41, 5.74) is 0.712. The number of rotatable bonds is 8. The highest BCUT2D eigenvalue weighted by Crippen LogP contribution is 2.26. The number of para-hydroxylation sites is 1. The molecule has 0 aliphatic rings. The summed E-state index contributed by atoms with van der Waals surface area (Å²) < 4.78 is 12.2. The van der Waals surface area contributed by atoms with Gasteiger partial charge in [0.2, 0.25) is 0 Å². The summed E-state index contributed by atoms with van der Waals surface area (Å²) in [4.78, 5) is 33.8. The predicted molar refractivity (Wildman–Crippen MR) is 114 cm³/mol. The van der Waals surface area contributed by atoms with Gasteiger partial charge in [-0.05, 0) is 45.6 Å². The largest absolute Gasteiger partial charge is 0.490 e. The van der Waals surface area contributed by atoms with Crippen molar-refractivity contribution in [1.29, 1.82) is 0 Å². The Morgan fingerprint density at radius 1 is 1.17 bits per heavy atom. The van der Waals surface area contributed by atoms with Crippen LogP contribution in [0.5, 0.6) is 5.75 Å². The fraction of sp³-hybridized carbons (Fsp3) is 0.381. The lowest BCUT2D eigenvalue weighted by atomic mass is 10.2. The number of ether oxygens (including phenoxy) is 2. The third kappa shape index (κ3) is 5.02. The van der Waals surface area contributed by atoms with Crippen LogP contribution in [0.2, 0.25) is 0 Å². The van der Waals surface area contributed by atoms with Crippen LogP contribution in [-0.4, -0.2) is 47.7 Å². The van der Waals surface area contributed by atoms with Gasteiger partial charge in [0.15, 0.2) is 0 Å². The first kappa shape index (κ1) is 21.0. The Labute approximate surface area is 173 Å². The second-order valence-corrected chi connectivity index (χ2v) is 8.21. The van der Waals surface area contributed by atoms with Gasteiger partial charge in [-0.1, -0.05) is 18.2 Å². The fourth-order valence-corrected chi connectivity index (χ4v) is 3.98. The Kier molecular flexibility index (Phi) is 6.66. The van der Waals surface area contributed by atoms with Crippen molar-refractivity contribution in [3.05, 3.63) is 57.0 Å². The smallest absolute Gasteiger partial charge is 0.326 e. The second-order valence-electron chi connectivity index (χ2n) is 7.00. The molecule has 8 heteroatoms. The van der Waals surface area contributed by atoms with Crippen LogP contribution in [0, 0.1) is 13.8 Å². The van der Waals surface area contributed by atoms with Crippen molar-refractivity contribution in [3.63, 3.8) is 0 Å². The van der Waals surface area contributed by atoms with Gasteiger partial charge in [0.25, 0.3) is 5.56 Å². The molecule has 0 bridgehead atoms. The lowest BCUT2D eigenvalue weighted by Crippen LogP contribution is -2.32. The van der Waals surface area contributed by atoms with Gasteiger partial charge in [-0.25, -0.2) is 4.98 Å². The highest BCUT2D eigenvalue weighted by atomic mass is 32.1. The van der Waals surface area contributed by atoms with Crippen LogP contribution in [0.4, 0.5) is 0 Å². The van der Waals surface area contributed by atoms with Crippen molar-refractivity contribution in [3.8, 4) is 5.75 Å². The summed E-state index contributed by atoms with van der Waals surface area (Å²) in [5, 5.41) is 0.579. The SMILES string of the molecule is Cc1sc2nc(CN(C)C)n(CC(=O)OCCOc3ccccc3)c(=O)c2c1C. The molecule has 0 fully saturated rings. The Morgan fingerprint density at radius 3 is 2.59 bits per heavy atom. The Hall–Kier alpha value is -2.71. The molecular weight excluding hydrogens is 390 g/mol. The van der Waals surface area contributed by atoms with Gasteiger partial charge in [-0.2, -0.15) is 0 Å². The van der Waals surface area contributed by atoms with Crippen molar-refractivity contribution < 1.29 is 14.3 Å². The first-order chi connectivity index (χ1) is 13.9. The number of carbonyl (C=O) groups is 1. The molecule has 1 aromatic carbocycles. The van der Waals surface area contributed by atoms with E-state index < -0.39 is 5.97 Å². The number of aromatic nitrogens is 2. The van der Waals surface area contributed by atoms with Gasteiger partial charge in [-0.15, -0.1) is 11.3 Å². The van der Waals surface area contributed by atoms with Crippen molar-refractivity contribution in [2.24, 2.45) is 0 Å². The minimum Gasteiger partial charge on any atom is -0.490 e. The van der Waals surface area contributed by atoms with Crippen molar-refractivity contribution in [1.82, 2.24) is 14.5 Å². The molecule has 0 amide bonds. The number of thiophene rings is 1. The predicted octanol–water partition coefficient (Wildman–Crippen LogP) is 2.76. The highest BCUT2D eigenvalue weighted by Gasteiger charge is 2.19. The Bertz CT molecular complexity index is 1060. The molecule has 0 aliphatic heterocycles. The quantitative estimate of drug-likeness (QED) is 0.416. The van der Waals surface area contributed by atoms with E-state index >= 15 is 0 Å². The van der Waals surface area contributed by atoms with Crippen LogP contribution in [0.15, 0.2) is 35.1 Å². The normalized spacial score (nSPS) is 11.2. The number of fused-ring (bicyclic) bond motifs is 1. The van der Waals surface area contributed by atoms with Crippen LogP contribution in [0.3, 0.4) is 0 Å². The van der Waals surface area contributed by atoms with E-state index in [1.54, 1.807) is 0 Å². The summed E-state index contributed by atoms with van der Waals surface area (Å²) in [6.45, 7) is 4.51. The molecule has 0 aliphatic carbocycles. The second kappa shape index (κ2) is 9.19. The Morgan fingerprint density at radius 2 is 1.90 bits per heavy atom. The van der Waals surface area contributed by atoms with Gasteiger partial charge in [0.05, 0.1) is 11.9 Å². The average Bonchev–Trinajstić information content (AvgIpc) is 2.96. The first-order valence-corrected chi connectivity index (χ1v) is 10.2. The van der Waals surface area contributed by atoms with Gasteiger partial charge < -0.3 is 14.4 Å². The number of esters is 1. The lowest BCUT2D eigenvalue weighted by molar-refractivity contribution is -0.145. The van der Waals surface area contributed by atoms with Crippen LogP contribution < -0.4 is 10.3 Å². The summed E-state index contributed by atoms with van der Waals surface area (Å²) >= 11 is 1.50. The molecule has 7 nitrogen and oxygen atoms in total. The molecule has 29 heavy (non-hydrogen) atoms. The monoisotopic (exact) mass is 415 g/mol. The van der Waals surface area contributed by atoms with E-state index in [4.69, 9.17) is 9.47 Å². The van der Waals surface area contributed by atoms with Gasteiger partial charge in [0, 0.05) is 4.88 Å². The molecule has 3 rings (SSSR count). The van der Waals surface area contributed by atoms with Crippen molar-refractivity contribution in [2.45, 2.75) is 26.9 Å². The van der Waals surface area contributed by atoms with Crippen molar-refractivity contribution >= 4 is 27.5 Å². The van der Waals surface area contributed by atoms with E-state index in [9.17, 15) is 9.59 Å². The molecule has 0 saturated heterocycles. The Balaban J connectivity index is 1.73. The number of carbonyl (C=O) groups excluding carboxylic acids is 1. The number of nitrogens with zero attached hydrogens (tertiary/aromatic N) is 3. The summed E-state index contributed by atoms with van der Waals surface area (Å²) in [5.74, 6) is 0.770. The molecule has 0 unspecified atom stereocenters. The molecule has 0 atom stereocenters. The van der Waals surface area contributed by atoms with Crippen LogP contribution in [-0.2, 0) is 22.6 Å². The zero-order valence-corrected chi connectivity index (χ0v) is 17.9. The maximum Gasteiger partial charge on any atom is 0.326 e. The number of hydrogen-bond acceptors (Lipinski definition) is 7. The minimum atomic E-state index is -0.491. The van der Waals surface area contributed by atoms with E-state index in [-0.39, 0.29) is 25.3 Å². The number of hydrogen-bond donors (Lipinski definition) is 0. The molecule has 154 valence electrons. The van der Waals surface area contributed by atoms with Crippen LogP contribution in [0.1, 0.15) is 16.3 Å². The minimum absolute atomic E-state index is 0.109. The van der Waals surface area contributed by atoms with Gasteiger partial charge in [-0.3, -0.25) is 14.2 Å². The summed E-state index contributed by atoms with van der Waals surface area (Å²) in [6, 6.07) is 9.31. The lowest BCUT2D eigenvalue weighted by Gasteiger charge is -2.15. The summed E-state index contributed by atoms with van der Waals surface area (Å²) in [6.07, 6.45) is 0. The maximum atomic E-state index is 13.1. The molecule has 0 N–H and O–H groups in total. The molecule has 0 spiro atoms. The number of aryl methyl sites for hydroxylation is 2. The molecule has 0 radical (unpaired) electrons. The first-order valence-electron chi connectivity index (χ1n) is 9.34. The third-order valence-electron chi connectivity index (χ3n) is 4.47. The maximum absolute atomic E-state index is 13.1. The van der Waals surface area contributed by atoms with Crippen molar-refractivity contribution in [2.75, 3.05) is 27.3 Å². The van der Waals surface area contributed by atoms with Gasteiger partial charge >= 0.3 is 5.97 Å². The fourth-order valence-electron chi connectivity index (χ4n) is 2.94. The van der Waals surface area contributed by atoms with Crippen LogP contribution >= 0.6 is 11.3 Å². The molecular formula is C21H25N3O4S. The van der Waals surface area contributed by atoms with Crippen LogP contribution in [0.25, 0.3) is 10.2 Å². The van der Waals surface area contributed by atoms with E-state index in [0.717, 1.165) is 10.4 Å². The third-order valence-corrected chi connectivity index (χ3v) is 5.57. The zero-order chi connectivity index (χ0) is 21.0. The molecule has 2 heterocycles. The van der Waals surface area contributed by atoms with E-state index in [2.05, 4.69) is 4.98 Å².